The van der Waals surface area contributed by atoms with E-state index in [0.717, 1.165) is 6.42 Å². The lowest BCUT2D eigenvalue weighted by atomic mass is 9.83. The number of hydrogen-bond donors (Lipinski definition) is 0. The molecule has 1 aliphatic carbocycles. The van der Waals surface area contributed by atoms with E-state index >= 15 is 0 Å². The van der Waals surface area contributed by atoms with E-state index < -0.39 is 0 Å². The molecule has 0 nitrogen and oxygen atoms in total. The Kier molecular flexibility index (Phi) is 6.12. The van der Waals surface area contributed by atoms with Crippen molar-refractivity contribution in [3.63, 3.8) is 0 Å². The zero-order chi connectivity index (χ0) is 33.5. The van der Waals surface area contributed by atoms with Crippen LogP contribution in [0, 0.1) is 0 Å². The second kappa shape index (κ2) is 11.0. The summed E-state index contributed by atoms with van der Waals surface area (Å²) in [5, 5.41) is 12.9. The zero-order valence-electron chi connectivity index (χ0n) is 28.0. The van der Waals surface area contributed by atoms with Gasteiger partial charge in [0.05, 0.1) is 0 Å². The summed E-state index contributed by atoms with van der Waals surface area (Å²) < 4.78 is 0. The molecule has 11 rings (SSSR count). The molecule has 0 aromatic heterocycles. The van der Waals surface area contributed by atoms with Gasteiger partial charge in [-0.05, 0) is 116 Å². The molecule has 10 aromatic carbocycles. The van der Waals surface area contributed by atoms with Gasteiger partial charge >= 0.3 is 0 Å². The highest BCUT2D eigenvalue weighted by molar-refractivity contribution is 6.25. The summed E-state index contributed by atoms with van der Waals surface area (Å²) in [6.07, 6.45) is 0.973. The summed E-state index contributed by atoms with van der Waals surface area (Å²) in [5.74, 6) is 0. The molecule has 0 unspecified atom stereocenters. The van der Waals surface area contributed by atoms with Gasteiger partial charge in [-0.15, -0.1) is 0 Å². The molecule has 0 atom stereocenters. The van der Waals surface area contributed by atoms with Crippen LogP contribution >= 0.6 is 0 Å². The molecule has 0 bridgehead atoms. The lowest BCUT2D eigenvalue weighted by Gasteiger charge is -2.20. The van der Waals surface area contributed by atoms with Crippen LogP contribution in [-0.2, 0) is 6.42 Å². The van der Waals surface area contributed by atoms with Crippen molar-refractivity contribution in [1.82, 2.24) is 0 Å². The molecule has 0 saturated carbocycles. The van der Waals surface area contributed by atoms with Gasteiger partial charge in [0.2, 0.25) is 0 Å². The van der Waals surface area contributed by atoms with Crippen LogP contribution < -0.4 is 0 Å². The van der Waals surface area contributed by atoms with Crippen molar-refractivity contribution in [1.29, 1.82) is 0 Å². The molecule has 0 radical (unpaired) electrons. The molecular formula is C51H32. The molecule has 0 saturated heterocycles. The summed E-state index contributed by atoms with van der Waals surface area (Å²) in [4.78, 5) is 0. The van der Waals surface area contributed by atoms with Crippen LogP contribution in [0.15, 0.2) is 182 Å². The second-order valence-corrected chi connectivity index (χ2v) is 13.9. The Balaban J connectivity index is 1.13. The van der Waals surface area contributed by atoms with Gasteiger partial charge in [0.1, 0.15) is 0 Å². The average molecular weight is 645 g/mol. The first-order valence-corrected chi connectivity index (χ1v) is 17.9. The summed E-state index contributed by atoms with van der Waals surface area (Å²) in [6, 6.07) is 67.7. The monoisotopic (exact) mass is 644 g/mol. The van der Waals surface area contributed by atoms with E-state index in [4.69, 9.17) is 0 Å². The van der Waals surface area contributed by atoms with Crippen LogP contribution in [0.5, 0.6) is 0 Å². The van der Waals surface area contributed by atoms with Gasteiger partial charge in [-0.25, -0.2) is 0 Å². The summed E-state index contributed by atoms with van der Waals surface area (Å²) in [7, 11) is 0. The topological polar surface area (TPSA) is 0 Å². The highest BCUT2D eigenvalue weighted by Gasteiger charge is 2.23. The van der Waals surface area contributed by atoms with Gasteiger partial charge in [-0.3, -0.25) is 0 Å². The Bertz CT molecular complexity index is 2990. The zero-order valence-corrected chi connectivity index (χ0v) is 28.0. The van der Waals surface area contributed by atoms with Crippen LogP contribution in [0.3, 0.4) is 0 Å². The largest absolute Gasteiger partial charge is 0.0616 e. The third-order valence-electron chi connectivity index (χ3n) is 11.3. The van der Waals surface area contributed by atoms with Crippen LogP contribution in [0.4, 0.5) is 0 Å². The highest BCUT2D eigenvalue weighted by Crippen LogP contribution is 2.48. The van der Waals surface area contributed by atoms with E-state index in [0.29, 0.717) is 0 Å². The number of fused-ring (bicyclic) bond motifs is 9. The minimum absolute atomic E-state index is 0.973. The Morgan fingerprint density at radius 2 is 0.725 bits per heavy atom. The summed E-state index contributed by atoms with van der Waals surface area (Å²) in [6.45, 7) is 0. The molecule has 0 fully saturated rings. The normalized spacial score (nSPS) is 12.2. The van der Waals surface area contributed by atoms with Crippen LogP contribution in [-0.4, -0.2) is 0 Å². The smallest absolute Gasteiger partial charge is 0.00130 e. The molecule has 51 heavy (non-hydrogen) atoms. The van der Waals surface area contributed by atoms with Gasteiger partial charge in [0, 0.05) is 0 Å². The molecule has 1 aliphatic rings. The van der Waals surface area contributed by atoms with E-state index in [9.17, 15) is 0 Å². The predicted octanol–water partition coefficient (Wildman–Crippen LogP) is 14.0. The van der Waals surface area contributed by atoms with Crippen molar-refractivity contribution in [2.75, 3.05) is 0 Å². The fraction of sp³-hybridized carbons (Fsp3) is 0.0196. The molecule has 0 heteroatoms. The third-order valence-corrected chi connectivity index (χ3v) is 11.3. The fourth-order valence-electron chi connectivity index (χ4n) is 9.06. The third kappa shape index (κ3) is 4.20. The van der Waals surface area contributed by atoms with Crippen LogP contribution in [0.25, 0.3) is 98.4 Å². The minimum Gasteiger partial charge on any atom is -0.0616 e. The molecule has 236 valence electrons. The van der Waals surface area contributed by atoms with E-state index in [1.54, 1.807) is 0 Å². The molecular weight excluding hydrogens is 613 g/mol. The van der Waals surface area contributed by atoms with Crippen molar-refractivity contribution in [2.24, 2.45) is 0 Å². The Hall–Kier alpha value is -6.50. The first-order valence-electron chi connectivity index (χ1n) is 17.9. The number of benzene rings is 10. The maximum absolute atomic E-state index is 2.44. The first kappa shape index (κ1) is 28.3. The maximum Gasteiger partial charge on any atom is -0.00130 e. The van der Waals surface area contributed by atoms with Gasteiger partial charge < -0.3 is 0 Å². The molecule has 0 amide bonds. The van der Waals surface area contributed by atoms with Gasteiger partial charge in [-0.2, -0.15) is 0 Å². The second-order valence-electron chi connectivity index (χ2n) is 13.9. The first-order chi connectivity index (χ1) is 25.3. The van der Waals surface area contributed by atoms with Gasteiger partial charge in [0.15, 0.2) is 0 Å². The average Bonchev–Trinajstić information content (AvgIpc) is 3.58. The van der Waals surface area contributed by atoms with Gasteiger partial charge in [0.25, 0.3) is 0 Å². The Morgan fingerprint density at radius 3 is 1.39 bits per heavy atom. The quantitative estimate of drug-likeness (QED) is 0.168. The maximum atomic E-state index is 2.44. The SMILES string of the molecule is c1ccc2c(-c3c4ccccc4c(-c4ccc(-c5ccc6c(c5)Cc5ccc7ccccc7c5-6)c5ccccc45)c4ccccc34)cccc2c1. The summed E-state index contributed by atoms with van der Waals surface area (Å²) >= 11 is 0. The van der Waals surface area contributed by atoms with Crippen LogP contribution in [0.2, 0.25) is 0 Å². The summed E-state index contributed by atoms with van der Waals surface area (Å²) in [5.41, 5.74) is 13.3. The Morgan fingerprint density at radius 1 is 0.255 bits per heavy atom. The van der Waals surface area contributed by atoms with Crippen molar-refractivity contribution in [3.8, 4) is 44.5 Å². The molecule has 10 aromatic rings. The predicted molar refractivity (Wildman–Crippen MR) is 219 cm³/mol. The lowest BCUT2D eigenvalue weighted by molar-refractivity contribution is 1.27. The molecule has 0 heterocycles. The van der Waals surface area contributed by atoms with Crippen LogP contribution in [0.1, 0.15) is 11.1 Å². The number of rotatable bonds is 3. The molecule has 0 spiro atoms. The van der Waals surface area contributed by atoms with Crippen molar-refractivity contribution in [2.45, 2.75) is 6.42 Å². The minimum atomic E-state index is 0.973. The molecule has 0 N–H and O–H groups in total. The standard InChI is InChI=1S/C51H32/c1-3-15-37-32(12-1)14-11-23-43(37)50-44-19-7-9-21-46(44)51(47-22-10-8-20-45(47)50)48-29-28-38(41-17-5-6-18-42(41)48)34-26-27-40-36(30-34)31-35-25-24-33-13-2-4-16-39(33)49(35)40/h1-30H,31H2. The number of hydrogen-bond acceptors (Lipinski definition) is 0. The van der Waals surface area contributed by atoms with E-state index in [-0.39, 0.29) is 0 Å². The van der Waals surface area contributed by atoms with E-state index in [2.05, 4.69) is 182 Å². The van der Waals surface area contributed by atoms with Crippen molar-refractivity contribution < 1.29 is 0 Å². The highest BCUT2D eigenvalue weighted by atomic mass is 14.3. The van der Waals surface area contributed by atoms with E-state index in [1.807, 2.05) is 0 Å². The van der Waals surface area contributed by atoms with E-state index in [1.165, 1.54) is 109 Å². The van der Waals surface area contributed by atoms with Crippen molar-refractivity contribution in [3.05, 3.63) is 193 Å². The fourth-order valence-corrected chi connectivity index (χ4v) is 9.06. The lowest BCUT2D eigenvalue weighted by Crippen LogP contribution is -1.93. The molecule has 0 aliphatic heterocycles. The van der Waals surface area contributed by atoms with Crippen molar-refractivity contribution >= 4 is 53.9 Å². The van der Waals surface area contributed by atoms with Gasteiger partial charge in [-0.1, -0.05) is 182 Å². The Labute approximate surface area is 296 Å².